The second kappa shape index (κ2) is 9.82. The lowest BCUT2D eigenvalue weighted by Gasteiger charge is -2.31. The number of rotatable bonds is 6. The van der Waals surface area contributed by atoms with Crippen LogP contribution in [-0.2, 0) is 16.0 Å². The molecule has 0 radical (unpaired) electrons. The van der Waals surface area contributed by atoms with E-state index >= 15 is 0 Å². The van der Waals surface area contributed by atoms with Crippen molar-refractivity contribution in [2.45, 2.75) is 45.7 Å². The highest BCUT2D eigenvalue weighted by molar-refractivity contribution is 6.21. The number of benzodiazepines with no additional fused rings is 1. The summed E-state index contributed by atoms with van der Waals surface area (Å²) in [6, 6.07) is 24.1. The monoisotopic (exact) mass is 439 g/mol. The molecule has 168 valence electrons. The van der Waals surface area contributed by atoms with Gasteiger partial charge in [0.05, 0.1) is 11.4 Å². The van der Waals surface area contributed by atoms with Crippen molar-refractivity contribution in [2.75, 3.05) is 10.2 Å². The molecule has 0 spiro atoms. The number of aliphatic imine (C=N–C) groups is 1. The van der Waals surface area contributed by atoms with Gasteiger partial charge in [0.2, 0.25) is 5.91 Å². The van der Waals surface area contributed by atoms with Crippen molar-refractivity contribution in [2.24, 2.45) is 4.99 Å². The van der Waals surface area contributed by atoms with Crippen molar-refractivity contribution in [3.05, 3.63) is 95.6 Å². The predicted octanol–water partition coefficient (Wildman–Crippen LogP) is 5.24. The summed E-state index contributed by atoms with van der Waals surface area (Å²) in [6.45, 7) is 5.78. The Morgan fingerprint density at radius 2 is 1.64 bits per heavy atom. The molecule has 0 saturated carbocycles. The Morgan fingerprint density at radius 1 is 0.970 bits per heavy atom. The molecule has 3 aromatic rings. The Labute approximate surface area is 195 Å². The zero-order valence-electron chi connectivity index (χ0n) is 19.3. The molecule has 5 nitrogen and oxygen atoms in total. The quantitative estimate of drug-likeness (QED) is 0.571. The van der Waals surface area contributed by atoms with Crippen LogP contribution >= 0.6 is 0 Å². The summed E-state index contributed by atoms with van der Waals surface area (Å²) < 4.78 is 0. The molecule has 1 aliphatic heterocycles. The smallest absolute Gasteiger partial charge is 0.252 e. The van der Waals surface area contributed by atoms with Crippen LogP contribution in [0.4, 0.5) is 11.4 Å². The molecule has 0 fully saturated rings. The van der Waals surface area contributed by atoms with E-state index in [1.54, 1.807) is 11.8 Å². The first-order valence-corrected chi connectivity index (χ1v) is 11.5. The van der Waals surface area contributed by atoms with Crippen LogP contribution in [0.25, 0.3) is 0 Å². The third-order valence-corrected chi connectivity index (χ3v) is 6.04. The molecule has 0 bridgehead atoms. The Hall–Kier alpha value is -3.73. The average molecular weight is 440 g/mol. The maximum atomic E-state index is 13.6. The summed E-state index contributed by atoms with van der Waals surface area (Å²) >= 11 is 0. The van der Waals surface area contributed by atoms with Crippen LogP contribution in [0, 0.1) is 0 Å². The van der Waals surface area contributed by atoms with Crippen molar-refractivity contribution in [3.63, 3.8) is 0 Å². The molecule has 0 saturated heterocycles. The summed E-state index contributed by atoms with van der Waals surface area (Å²) in [6.07, 6.45) is 1.29. The van der Waals surface area contributed by atoms with Gasteiger partial charge in [-0.05, 0) is 37.5 Å². The molecule has 2 atom stereocenters. The van der Waals surface area contributed by atoms with Crippen LogP contribution in [0.5, 0.6) is 0 Å². The number of fused-ring (bicyclic) bond motifs is 1. The molecule has 0 aliphatic carbocycles. The highest BCUT2D eigenvalue weighted by Crippen LogP contribution is 2.31. The minimum atomic E-state index is -0.656. The minimum Gasteiger partial charge on any atom is -0.324 e. The van der Waals surface area contributed by atoms with Gasteiger partial charge < -0.3 is 5.32 Å². The number of aryl methyl sites for hydroxylation is 1. The van der Waals surface area contributed by atoms with E-state index in [2.05, 4.69) is 12.2 Å². The molecule has 1 aliphatic rings. The van der Waals surface area contributed by atoms with Gasteiger partial charge in [-0.2, -0.15) is 0 Å². The number of amides is 2. The maximum Gasteiger partial charge on any atom is 0.252 e. The van der Waals surface area contributed by atoms with Crippen molar-refractivity contribution in [3.8, 4) is 0 Å². The Morgan fingerprint density at radius 3 is 2.36 bits per heavy atom. The first kappa shape index (κ1) is 22.5. The third-order valence-electron chi connectivity index (χ3n) is 6.04. The first-order chi connectivity index (χ1) is 16.0. The number of nitrogens with zero attached hydrogens (tertiary/aromatic N) is 2. The first-order valence-electron chi connectivity index (χ1n) is 11.5. The number of hydrogen-bond acceptors (Lipinski definition) is 3. The molecule has 1 heterocycles. The van der Waals surface area contributed by atoms with Crippen LogP contribution in [0.3, 0.4) is 0 Å². The van der Waals surface area contributed by atoms with Gasteiger partial charge in [-0.3, -0.25) is 19.5 Å². The number of hydrogen-bond donors (Lipinski definition) is 1. The molecule has 0 unspecified atom stereocenters. The van der Waals surface area contributed by atoms with E-state index in [1.165, 1.54) is 0 Å². The molecular weight excluding hydrogens is 410 g/mol. The topological polar surface area (TPSA) is 61.8 Å². The van der Waals surface area contributed by atoms with Crippen LogP contribution in [0.1, 0.15) is 43.9 Å². The van der Waals surface area contributed by atoms with Gasteiger partial charge in [-0.15, -0.1) is 0 Å². The van der Waals surface area contributed by atoms with E-state index in [1.807, 2.05) is 85.8 Å². The highest BCUT2D eigenvalue weighted by Gasteiger charge is 2.36. The molecule has 4 rings (SSSR count). The molecular formula is C28H29N3O2. The van der Waals surface area contributed by atoms with Gasteiger partial charge in [0.25, 0.3) is 5.91 Å². The van der Waals surface area contributed by atoms with Crippen molar-refractivity contribution in [1.29, 1.82) is 0 Å². The predicted molar refractivity (Wildman–Crippen MR) is 134 cm³/mol. The van der Waals surface area contributed by atoms with Gasteiger partial charge >= 0.3 is 0 Å². The number of benzene rings is 3. The van der Waals surface area contributed by atoms with Crippen LogP contribution in [-0.4, -0.2) is 29.6 Å². The molecule has 5 heteroatoms. The van der Waals surface area contributed by atoms with Gasteiger partial charge in [0.15, 0.2) is 0 Å². The summed E-state index contributed by atoms with van der Waals surface area (Å²) in [5.41, 5.74) is 5.11. The summed E-state index contributed by atoms with van der Waals surface area (Å²) in [5, 5.41) is 3.07. The van der Waals surface area contributed by atoms with Gasteiger partial charge in [0.1, 0.15) is 12.1 Å². The second-order valence-electron chi connectivity index (χ2n) is 8.17. The van der Waals surface area contributed by atoms with E-state index in [-0.39, 0.29) is 11.8 Å². The zero-order valence-corrected chi connectivity index (χ0v) is 19.3. The highest BCUT2D eigenvalue weighted by atomic mass is 16.2. The average Bonchev–Trinajstić information content (AvgIpc) is 2.96. The number of carbonyl (C=O) groups is 2. The van der Waals surface area contributed by atoms with Crippen molar-refractivity contribution in [1.82, 2.24) is 0 Å². The lowest BCUT2D eigenvalue weighted by atomic mass is 9.99. The molecule has 3 aromatic carbocycles. The SMILES string of the molecule is CCc1ccccc1NC(=O)[C@@H](CC)N1C(=O)[C@@H](C)N=C(c2ccccc2)c2ccccc21. The fourth-order valence-electron chi connectivity index (χ4n) is 4.32. The molecule has 1 N–H and O–H groups in total. The Bertz CT molecular complexity index is 1190. The largest absolute Gasteiger partial charge is 0.324 e. The van der Waals surface area contributed by atoms with Crippen LogP contribution in [0.2, 0.25) is 0 Å². The molecule has 33 heavy (non-hydrogen) atoms. The Kier molecular flexibility index (Phi) is 6.68. The summed E-state index contributed by atoms with van der Waals surface area (Å²) in [7, 11) is 0. The standard InChI is InChI=1S/C28H29N3O2/c1-4-20-13-9-11-17-23(20)30-27(32)24(5-2)31-25-18-12-10-16-22(25)26(29-19(3)28(31)33)21-14-7-6-8-15-21/h6-19,24H,4-5H2,1-3H3,(H,30,32)/t19-,24-/m1/s1. The number of carbonyl (C=O) groups excluding carboxylic acids is 2. The van der Waals surface area contributed by atoms with E-state index in [0.29, 0.717) is 12.1 Å². The maximum absolute atomic E-state index is 13.6. The van der Waals surface area contributed by atoms with E-state index in [9.17, 15) is 9.59 Å². The second-order valence-corrected chi connectivity index (χ2v) is 8.17. The van der Waals surface area contributed by atoms with Gasteiger partial charge in [-0.25, -0.2) is 0 Å². The number of anilines is 2. The zero-order chi connectivity index (χ0) is 23.4. The Balaban J connectivity index is 1.77. The number of nitrogens with one attached hydrogen (secondary N) is 1. The summed E-state index contributed by atoms with van der Waals surface area (Å²) in [5.74, 6) is -0.379. The summed E-state index contributed by atoms with van der Waals surface area (Å²) in [4.78, 5) is 33.5. The van der Waals surface area contributed by atoms with Gasteiger partial charge in [-0.1, -0.05) is 80.6 Å². The normalized spacial score (nSPS) is 16.5. The number of para-hydroxylation sites is 2. The van der Waals surface area contributed by atoms with Crippen LogP contribution in [0.15, 0.2) is 83.9 Å². The fourth-order valence-corrected chi connectivity index (χ4v) is 4.32. The lowest BCUT2D eigenvalue weighted by molar-refractivity contribution is -0.124. The fraction of sp³-hybridized carbons (Fsp3) is 0.250. The van der Waals surface area contributed by atoms with Crippen molar-refractivity contribution < 1.29 is 9.59 Å². The third kappa shape index (κ3) is 4.44. The van der Waals surface area contributed by atoms with Crippen LogP contribution < -0.4 is 10.2 Å². The lowest BCUT2D eigenvalue weighted by Crippen LogP contribution is -2.50. The van der Waals surface area contributed by atoms with Gasteiger partial charge in [0, 0.05) is 16.8 Å². The van der Waals surface area contributed by atoms with E-state index in [4.69, 9.17) is 4.99 Å². The van der Waals surface area contributed by atoms with E-state index in [0.717, 1.165) is 34.5 Å². The van der Waals surface area contributed by atoms with E-state index < -0.39 is 12.1 Å². The molecule has 0 aromatic heterocycles. The minimum absolute atomic E-state index is 0.181. The molecule has 2 amide bonds. The van der Waals surface area contributed by atoms with Crippen molar-refractivity contribution >= 4 is 28.9 Å².